The van der Waals surface area contributed by atoms with Crippen LogP contribution >= 0.6 is 11.6 Å². The van der Waals surface area contributed by atoms with Crippen LogP contribution < -0.4 is 5.73 Å². The molecule has 0 aliphatic heterocycles. The fourth-order valence-corrected chi connectivity index (χ4v) is 1.43. The second-order valence-corrected chi connectivity index (χ2v) is 3.74. The largest absolute Gasteiger partial charge is 0.282 e. The highest BCUT2D eigenvalue weighted by molar-refractivity contribution is 6.30. The number of nitrogens with zero attached hydrogens (tertiary/aromatic N) is 1. The van der Waals surface area contributed by atoms with Crippen molar-refractivity contribution in [2.24, 2.45) is 4.99 Å². The third-order valence-corrected chi connectivity index (χ3v) is 2.37. The smallest absolute Gasteiger partial charge is 0.152 e. The Morgan fingerprint density at radius 3 is 2.19 bits per heavy atom. The summed E-state index contributed by atoms with van der Waals surface area (Å²) in [6, 6.07) is 16.5. The SMILES string of the molecule is [NH]/C(=N\c1ccccc1)c1ccc(Cl)cc1. The molecule has 2 aromatic rings. The first-order valence-electron chi connectivity index (χ1n) is 4.87. The molecule has 2 rings (SSSR count). The standard InChI is InChI=1S/C13H10ClN2/c14-11-8-6-10(7-9-11)13(15)16-12-4-2-1-3-5-12/h1-9,15H/b16-13-. The Hall–Kier alpha value is -1.80. The molecule has 79 valence electrons. The van der Waals surface area contributed by atoms with Gasteiger partial charge in [-0.3, -0.25) is 5.73 Å². The number of amidine groups is 1. The molecule has 2 aromatic carbocycles. The van der Waals surface area contributed by atoms with Crippen LogP contribution in [0, 0.1) is 0 Å². The zero-order valence-electron chi connectivity index (χ0n) is 8.52. The molecule has 2 nitrogen and oxygen atoms in total. The summed E-state index contributed by atoms with van der Waals surface area (Å²) >= 11 is 5.78. The molecule has 1 radical (unpaired) electrons. The summed E-state index contributed by atoms with van der Waals surface area (Å²) in [6.07, 6.45) is 0. The molecule has 3 heteroatoms. The first-order valence-corrected chi connectivity index (χ1v) is 5.25. The van der Waals surface area contributed by atoms with Crippen LogP contribution in [-0.2, 0) is 0 Å². The van der Waals surface area contributed by atoms with E-state index in [1.807, 2.05) is 30.3 Å². The first kappa shape index (κ1) is 10.7. The predicted octanol–water partition coefficient (Wildman–Crippen LogP) is 3.70. The average molecular weight is 230 g/mol. The Labute approximate surface area is 99.4 Å². The van der Waals surface area contributed by atoms with Crippen molar-refractivity contribution >= 4 is 23.1 Å². The van der Waals surface area contributed by atoms with E-state index in [9.17, 15) is 0 Å². The summed E-state index contributed by atoms with van der Waals surface area (Å²) in [5, 5.41) is 0.663. The van der Waals surface area contributed by atoms with Gasteiger partial charge in [-0.05, 0) is 36.4 Å². The maximum atomic E-state index is 7.83. The Balaban J connectivity index is 2.28. The molecule has 0 fully saturated rings. The van der Waals surface area contributed by atoms with Crippen LogP contribution in [0.1, 0.15) is 5.56 Å². The highest BCUT2D eigenvalue weighted by atomic mass is 35.5. The van der Waals surface area contributed by atoms with Crippen LogP contribution in [0.25, 0.3) is 0 Å². The predicted molar refractivity (Wildman–Crippen MR) is 67.2 cm³/mol. The minimum absolute atomic E-state index is 0.239. The van der Waals surface area contributed by atoms with Crippen molar-refractivity contribution in [3.05, 3.63) is 65.2 Å². The third-order valence-electron chi connectivity index (χ3n) is 2.11. The lowest BCUT2D eigenvalue weighted by atomic mass is 10.2. The zero-order chi connectivity index (χ0) is 11.4. The van der Waals surface area contributed by atoms with Crippen LogP contribution in [0.2, 0.25) is 5.02 Å². The number of nitrogens with one attached hydrogen (secondary N) is 1. The van der Waals surface area contributed by atoms with Gasteiger partial charge in [-0.25, -0.2) is 4.99 Å². The Kier molecular flexibility index (Phi) is 3.22. The van der Waals surface area contributed by atoms with Gasteiger partial charge in [-0.2, -0.15) is 0 Å². The van der Waals surface area contributed by atoms with Gasteiger partial charge in [0.25, 0.3) is 0 Å². The van der Waals surface area contributed by atoms with Crippen molar-refractivity contribution in [3.63, 3.8) is 0 Å². The number of para-hydroxylation sites is 1. The van der Waals surface area contributed by atoms with Crippen LogP contribution in [0.5, 0.6) is 0 Å². The van der Waals surface area contributed by atoms with E-state index in [0.717, 1.165) is 11.3 Å². The molecule has 0 amide bonds. The summed E-state index contributed by atoms with van der Waals surface area (Å²) in [7, 11) is 0. The number of rotatable bonds is 2. The van der Waals surface area contributed by atoms with Gasteiger partial charge < -0.3 is 0 Å². The lowest BCUT2D eigenvalue weighted by molar-refractivity contribution is 1.43. The van der Waals surface area contributed by atoms with Gasteiger partial charge in [0.05, 0.1) is 5.69 Å². The summed E-state index contributed by atoms with van der Waals surface area (Å²) in [5.41, 5.74) is 9.37. The monoisotopic (exact) mass is 229 g/mol. The van der Waals surface area contributed by atoms with E-state index in [0.29, 0.717) is 5.02 Å². The first-order chi connectivity index (χ1) is 7.75. The number of hydrogen-bond donors (Lipinski definition) is 0. The van der Waals surface area contributed by atoms with E-state index in [2.05, 4.69) is 4.99 Å². The minimum Gasteiger partial charge on any atom is -0.282 e. The van der Waals surface area contributed by atoms with E-state index in [1.165, 1.54) is 0 Å². The number of hydrogen-bond acceptors (Lipinski definition) is 1. The lowest BCUT2D eigenvalue weighted by Crippen LogP contribution is -2.00. The molecule has 16 heavy (non-hydrogen) atoms. The second-order valence-electron chi connectivity index (χ2n) is 3.30. The topological polar surface area (TPSA) is 36.2 Å². The molecule has 0 aromatic heterocycles. The highest BCUT2D eigenvalue weighted by Crippen LogP contribution is 2.14. The maximum absolute atomic E-state index is 7.83. The van der Waals surface area contributed by atoms with E-state index < -0.39 is 0 Å². The van der Waals surface area contributed by atoms with Crippen molar-refractivity contribution < 1.29 is 0 Å². The number of aliphatic imine (C=N–C) groups is 1. The van der Waals surface area contributed by atoms with Gasteiger partial charge in [0.1, 0.15) is 0 Å². The van der Waals surface area contributed by atoms with E-state index >= 15 is 0 Å². The van der Waals surface area contributed by atoms with Crippen LogP contribution in [-0.4, -0.2) is 5.84 Å². The number of benzene rings is 2. The molecule has 0 saturated heterocycles. The number of halogens is 1. The van der Waals surface area contributed by atoms with Gasteiger partial charge in [-0.1, -0.05) is 29.8 Å². The normalized spacial score (nSPS) is 11.4. The quantitative estimate of drug-likeness (QED) is 0.556. The molecular weight excluding hydrogens is 220 g/mol. The second kappa shape index (κ2) is 4.81. The molecule has 1 N–H and O–H groups in total. The summed E-state index contributed by atoms with van der Waals surface area (Å²) in [6.45, 7) is 0. The molecule has 0 aliphatic rings. The van der Waals surface area contributed by atoms with E-state index in [-0.39, 0.29) is 5.84 Å². The molecular formula is C13H10ClN2. The van der Waals surface area contributed by atoms with Crippen molar-refractivity contribution in [1.29, 1.82) is 0 Å². The van der Waals surface area contributed by atoms with Gasteiger partial charge in [0.2, 0.25) is 0 Å². The average Bonchev–Trinajstić information content (AvgIpc) is 2.31. The fraction of sp³-hybridized carbons (Fsp3) is 0. The molecule has 0 atom stereocenters. The molecule has 0 heterocycles. The van der Waals surface area contributed by atoms with Gasteiger partial charge in [0.15, 0.2) is 5.84 Å². The summed E-state index contributed by atoms with van der Waals surface area (Å²) in [5.74, 6) is 0.239. The van der Waals surface area contributed by atoms with Crippen molar-refractivity contribution in [1.82, 2.24) is 5.73 Å². The van der Waals surface area contributed by atoms with Gasteiger partial charge >= 0.3 is 0 Å². The summed E-state index contributed by atoms with van der Waals surface area (Å²) < 4.78 is 0. The van der Waals surface area contributed by atoms with Gasteiger partial charge in [-0.15, -0.1) is 0 Å². The van der Waals surface area contributed by atoms with E-state index in [4.69, 9.17) is 17.3 Å². The fourth-order valence-electron chi connectivity index (χ4n) is 1.30. The lowest BCUT2D eigenvalue weighted by Gasteiger charge is -1.99. The summed E-state index contributed by atoms with van der Waals surface area (Å²) in [4.78, 5) is 4.20. The Morgan fingerprint density at radius 2 is 1.56 bits per heavy atom. The maximum Gasteiger partial charge on any atom is 0.152 e. The Bertz CT molecular complexity index is 489. The molecule has 0 unspecified atom stereocenters. The van der Waals surface area contributed by atoms with Crippen molar-refractivity contribution in [3.8, 4) is 0 Å². The Morgan fingerprint density at radius 1 is 0.938 bits per heavy atom. The molecule has 0 aliphatic carbocycles. The molecule has 0 bridgehead atoms. The third kappa shape index (κ3) is 2.61. The molecule has 0 saturated carbocycles. The zero-order valence-corrected chi connectivity index (χ0v) is 9.28. The van der Waals surface area contributed by atoms with Crippen LogP contribution in [0.3, 0.4) is 0 Å². The van der Waals surface area contributed by atoms with Crippen LogP contribution in [0.4, 0.5) is 5.69 Å². The van der Waals surface area contributed by atoms with Crippen LogP contribution in [0.15, 0.2) is 59.6 Å². The van der Waals surface area contributed by atoms with Gasteiger partial charge in [0, 0.05) is 10.6 Å². The minimum atomic E-state index is 0.239. The molecule has 0 spiro atoms. The van der Waals surface area contributed by atoms with E-state index in [1.54, 1.807) is 24.3 Å². The highest BCUT2D eigenvalue weighted by Gasteiger charge is 1.99. The van der Waals surface area contributed by atoms with Crippen molar-refractivity contribution in [2.45, 2.75) is 0 Å². The van der Waals surface area contributed by atoms with Crippen molar-refractivity contribution in [2.75, 3.05) is 0 Å².